The lowest BCUT2D eigenvalue weighted by atomic mass is 9.87. The molecule has 98 valence electrons. The van der Waals surface area contributed by atoms with E-state index in [2.05, 4.69) is 10.6 Å². The van der Waals surface area contributed by atoms with Gasteiger partial charge in [0.15, 0.2) is 0 Å². The molecule has 1 aliphatic carbocycles. The van der Waals surface area contributed by atoms with Crippen molar-refractivity contribution >= 4 is 5.91 Å². The largest absolute Gasteiger partial charge is 0.356 e. The van der Waals surface area contributed by atoms with Crippen LogP contribution in [0.25, 0.3) is 0 Å². The first-order valence-electron chi connectivity index (χ1n) is 7.32. The van der Waals surface area contributed by atoms with Gasteiger partial charge in [-0.3, -0.25) is 4.79 Å². The molecule has 2 fully saturated rings. The molecule has 1 heterocycles. The van der Waals surface area contributed by atoms with Gasteiger partial charge in [-0.15, -0.1) is 0 Å². The first-order valence-corrected chi connectivity index (χ1v) is 7.32. The summed E-state index contributed by atoms with van der Waals surface area (Å²) in [5, 5.41) is 6.45. The Morgan fingerprint density at radius 2 is 1.94 bits per heavy atom. The number of hydrogen-bond donors (Lipinski definition) is 2. The Morgan fingerprint density at radius 1 is 1.12 bits per heavy atom. The Bertz CT molecular complexity index is 230. The van der Waals surface area contributed by atoms with E-state index in [1.165, 1.54) is 38.5 Å². The minimum absolute atomic E-state index is 0.280. The third-order valence-electron chi connectivity index (χ3n) is 4.24. The highest BCUT2D eigenvalue weighted by atomic mass is 16.1. The van der Waals surface area contributed by atoms with E-state index >= 15 is 0 Å². The number of carbonyl (C=O) groups excluding carboxylic acids is 1. The zero-order chi connectivity index (χ0) is 11.9. The van der Waals surface area contributed by atoms with Crippen molar-refractivity contribution in [3.63, 3.8) is 0 Å². The van der Waals surface area contributed by atoms with E-state index in [1.54, 1.807) is 0 Å². The molecule has 3 nitrogen and oxygen atoms in total. The van der Waals surface area contributed by atoms with Crippen LogP contribution in [0.5, 0.6) is 0 Å². The van der Waals surface area contributed by atoms with Crippen LogP contribution in [-0.2, 0) is 4.79 Å². The standard InChI is InChI=1S/C14H26N2O/c17-14(10-12-4-2-1-3-5-12)16-9-7-13-6-8-15-11-13/h12-13,15H,1-11H2,(H,16,17). The maximum atomic E-state index is 11.8. The number of rotatable bonds is 5. The lowest BCUT2D eigenvalue weighted by molar-refractivity contribution is -0.122. The van der Waals surface area contributed by atoms with Crippen LogP contribution in [0.3, 0.4) is 0 Å². The van der Waals surface area contributed by atoms with E-state index in [-0.39, 0.29) is 5.91 Å². The summed E-state index contributed by atoms with van der Waals surface area (Å²) in [7, 11) is 0. The highest BCUT2D eigenvalue weighted by Gasteiger charge is 2.17. The van der Waals surface area contributed by atoms with Gasteiger partial charge in [-0.2, -0.15) is 0 Å². The van der Waals surface area contributed by atoms with Gasteiger partial charge in [-0.25, -0.2) is 0 Å². The van der Waals surface area contributed by atoms with Crippen molar-refractivity contribution < 1.29 is 4.79 Å². The van der Waals surface area contributed by atoms with Crippen molar-refractivity contribution in [3.8, 4) is 0 Å². The van der Waals surface area contributed by atoms with Crippen molar-refractivity contribution in [3.05, 3.63) is 0 Å². The number of carbonyl (C=O) groups is 1. The van der Waals surface area contributed by atoms with E-state index < -0.39 is 0 Å². The number of nitrogens with one attached hydrogen (secondary N) is 2. The second-order valence-corrected chi connectivity index (χ2v) is 5.71. The van der Waals surface area contributed by atoms with Gasteiger partial charge in [0, 0.05) is 13.0 Å². The van der Waals surface area contributed by atoms with Crippen LogP contribution in [-0.4, -0.2) is 25.5 Å². The summed E-state index contributed by atoms with van der Waals surface area (Å²) in [6.45, 7) is 3.16. The van der Waals surface area contributed by atoms with Crippen molar-refractivity contribution in [2.24, 2.45) is 11.8 Å². The molecule has 1 atom stereocenters. The summed E-state index contributed by atoms with van der Waals surface area (Å²) >= 11 is 0. The quantitative estimate of drug-likeness (QED) is 0.770. The molecule has 1 aliphatic heterocycles. The lowest BCUT2D eigenvalue weighted by Gasteiger charge is -2.21. The van der Waals surface area contributed by atoms with Crippen molar-refractivity contribution in [2.75, 3.05) is 19.6 Å². The minimum Gasteiger partial charge on any atom is -0.356 e. The Kier molecular flexibility index (Phi) is 5.30. The molecule has 0 radical (unpaired) electrons. The van der Waals surface area contributed by atoms with Gasteiger partial charge in [0.05, 0.1) is 0 Å². The van der Waals surface area contributed by atoms with Gasteiger partial charge in [0.25, 0.3) is 0 Å². The summed E-state index contributed by atoms with van der Waals surface area (Å²) < 4.78 is 0. The summed E-state index contributed by atoms with van der Waals surface area (Å²) in [6.07, 6.45) is 9.73. The van der Waals surface area contributed by atoms with E-state index in [9.17, 15) is 4.79 Å². The van der Waals surface area contributed by atoms with Crippen LogP contribution in [0, 0.1) is 11.8 Å². The normalized spacial score (nSPS) is 26.0. The fourth-order valence-electron chi connectivity index (χ4n) is 3.10. The molecule has 0 aromatic carbocycles. The summed E-state index contributed by atoms with van der Waals surface area (Å²) in [5.41, 5.74) is 0. The van der Waals surface area contributed by atoms with Crippen molar-refractivity contribution in [2.45, 2.75) is 51.4 Å². The fraction of sp³-hybridized carbons (Fsp3) is 0.929. The maximum Gasteiger partial charge on any atom is 0.220 e. The van der Waals surface area contributed by atoms with Crippen molar-refractivity contribution in [1.82, 2.24) is 10.6 Å². The third-order valence-corrected chi connectivity index (χ3v) is 4.24. The van der Waals surface area contributed by atoms with Gasteiger partial charge < -0.3 is 10.6 Å². The molecule has 0 spiro atoms. The minimum atomic E-state index is 0.280. The molecule has 17 heavy (non-hydrogen) atoms. The molecule has 1 unspecified atom stereocenters. The zero-order valence-corrected chi connectivity index (χ0v) is 10.8. The van der Waals surface area contributed by atoms with Gasteiger partial charge in [0.1, 0.15) is 0 Å². The highest BCUT2D eigenvalue weighted by molar-refractivity contribution is 5.76. The van der Waals surface area contributed by atoms with Crippen LogP contribution >= 0.6 is 0 Å². The molecule has 1 saturated heterocycles. The highest BCUT2D eigenvalue weighted by Crippen LogP contribution is 2.26. The Morgan fingerprint density at radius 3 is 2.65 bits per heavy atom. The van der Waals surface area contributed by atoms with E-state index in [1.807, 2.05) is 0 Å². The van der Waals surface area contributed by atoms with Crippen LogP contribution in [0.15, 0.2) is 0 Å². The molecule has 0 aromatic rings. The Labute approximate surface area is 105 Å². The average molecular weight is 238 g/mol. The molecule has 3 heteroatoms. The van der Waals surface area contributed by atoms with Gasteiger partial charge in [-0.1, -0.05) is 19.3 Å². The molecule has 1 amide bonds. The van der Waals surface area contributed by atoms with Gasteiger partial charge in [0.2, 0.25) is 5.91 Å². The van der Waals surface area contributed by atoms with Gasteiger partial charge in [-0.05, 0) is 50.6 Å². The molecular formula is C14H26N2O. The first-order chi connectivity index (χ1) is 8.34. The monoisotopic (exact) mass is 238 g/mol. The summed E-state index contributed by atoms with van der Waals surface area (Å²) in [5.74, 6) is 1.73. The number of hydrogen-bond acceptors (Lipinski definition) is 2. The van der Waals surface area contributed by atoms with E-state index in [0.29, 0.717) is 5.92 Å². The SMILES string of the molecule is O=C(CC1CCCCC1)NCCC1CCNC1. The topological polar surface area (TPSA) is 41.1 Å². The molecule has 0 aromatic heterocycles. The molecule has 2 N–H and O–H groups in total. The molecule has 0 bridgehead atoms. The number of amides is 1. The summed E-state index contributed by atoms with van der Waals surface area (Å²) in [4.78, 5) is 11.8. The lowest BCUT2D eigenvalue weighted by Crippen LogP contribution is -2.28. The summed E-state index contributed by atoms with van der Waals surface area (Å²) in [6, 6.07) is 0. The van der Waals surface area contributed by atoms with Gasteiger partial charge >= 0.3 is 0 Å². The maximum absolute atomic E-state index is 11.8. The smallest absolute Gasteiger partial charge is 0.220 e. The van der Waals surface area contributed by atoms with Crippen LogP contribution in [0.2, 0.25) is 0 Å². The second-order valence-electron chi connectivity index (χ2n) is 5.71. The van der Waals surface area contributed by atoms with Crippen molar-refractivity contribution in [1.29, 1.82) is 0 Å². The van der Waals surface area contributed by atoms with E-state index in [0.717, 1.165) is 38.4 Å². The first kappa shape index (κ1) is 12.9. The molecule has 1 saturated carbocycles. The Balaban J connectivity index is 1.53. The molecular weight excluding hydrogens is 212 g/mol. The predicted octanol–water partition coefficient (Wildman–Crippen LogP) is 2.07. The zero-order valence-electron chi connectivity index (χ0n) is 10.8. The Hall–Kier alpha value is -0.570. The van der Waals surface area contributed by atoms with Crippen LogP contribution in [0.4, 0.5) is 0 Å². The molecule has 2 rings (SSSR count). The second kappa shape index (κ2) is 7.00. The predicted molar refractivity (Wildman–Crippen MR) is 69.8 cm³/mol. The van der Waals surface area contributed by atoms with E-state index in [4.69, 9.17) is 0 Å². The third kappa shape index (κ3) is 4.66. The van der Waals surface area contributed by atoms with Crippen LogP contribution in [0.1, 0.15) is 51.4 Å². The average Bonchev–Trinajstić information content (AvgIpc) is 2.83. The van der Waals surface area contributed by atoms with Crippen LogP contribution < -0.4 is 10.6 Å². The molecule has 2 aliphatic rings. The fourth-order valence-corrected chi connectivity index (χ4v) is 3.10.